The van der Waals surface area contributed by atoms with Gasteiger partial charge in [-0.1, -0.05) is 35.9 Å². The van der Waals surface area contributed by atoms with Gasteiger partial charge in [-0.3, -0.25) is 14.5 Å². The van der Waals surface area contributed by atoms with Crippen LogP contribution in [0.3, 0.4) is 0 Å². The zero-order valence-corrected chi connectivity index (χ0v) is 17.6. The number of carbonyl (C=O) groups excluding carboxylic acids is 2. The van der Waals surface area contributed by atoms with Gasteiger partial charge >= 0.3 is 0 Å². The molecule has 0 unspecified atom stereocenters. The van der Waals surface area contributed by atoms with Crippen LogP contribution >= 0.6 is 11.5 Å². The third-order valence-corrected chi connectivity index (χ3v) is 5.85. The van der Waals surface area contributed by atoms with Crippen LogP contribution in [0, 0.1) is 6.92 Å². The highest BCUT2D eigenvalue weighted by molar-refractivity contribution is 7.03. The summed E-state index contributed by atoms with van der Waals surface area (Å²) in [7, 11) is 0. The van der Waals surface area contributed by atoms with Crippen LogP contribution in [0.1, 0.15) is 60.0 Å². The Kier molecular flexibility index (Phi) is 6.23. The Hall–Kier alpha value is -3.00. The summed E-state index contributed by atoms with van der Waals surface area (Å²) in [6.07, 6.45) is 6.80. The molecule has 0 radical (unpaired) electrons. The lowest BCUT2D eigenvalue weighted by molar-refractivity contribution is -0.123. The topological polar surface area (TPSA) is 88.3 Å². The second-order valence-corrected chi connectivity index (χ2v) is 8.18. The van der Waals surface area contributed by atoms with Crippen LogP contribution in [-0.2, 0) is 4.79 Å². The fourth-order valence-electron chi connectivity index (χ4n) is 3.89. The quantitative estimate of drug-likeness (QED) is 0.638. The average molecular weight is 425 g/mol. The Morgan fingerprint density at radius 3 is 2.70 bits per heavy atom. The lowest BCUT2D eigenvalue weighted by Crippen LogP contribution is -2.47. The van der Waals surface area contributed by atoms with Crippen LogP contribution in [0.4, 0.5) is 5.69 Å². The molecule has 2 amide bonds. The van der Waals surface area contributed by atoms with Crippen LogP contribution in [0.25, 0.3) is 0 Å². The van der Waals surface area contributed by atoms with E-state index in [4.69, 9.17) is 4.42 Å². The average Bonchev–Trinajstić information content (AvgIpc) is 3.46. The van der Waals surface area contributed by atoms with E-state index >= 15 is 0 Å². The first-order valence-corrected chi connectivity index (χ1v) is 11.0. The molecule has 1 N–H and O–H groups in total. The van der Waals surface area contributed by atoms with E-state index in [1.54, 1.807) is 17.5 Å². The Labute approximate surface area is 179 Å². The predicted molar refractivity (Wildman–Crippen MR) is 114 cm³/mol. The first-order valence-electron chi connectivity index (χ1n) is 10.1. The van der Waals surface area contributed by atoms with Gasteiger partial charge < -0.3 is 9.73 Å². The van der Waals surface area contributed by atoms with Crippen LogP contribution in [0.2, 0.25) is 0 Å². The highest BCUT2D eigenvalue weighted by Crippen LogP contribution is 2.31. The molecule has 30 heavy (non-hydrogen) atoms. The fourth-order valence-corrected chi connectivity index (χ4v) is 4.32. The maximum absolute atomic E-state index is 13.5. The zero-order chi connectivity index (χ0) is 20.9. The molecular formula is C22H24N4O3S. The number of nitrogens with one attached hydrogen (secondary N) is 1. The van der Waals surface area contributed by atoms with Gasteiger partial charge in [-0.05, 0) is 61.1 Å². The predicted octanol–water partition coefficient (Wildman–Crippen LogP) is 4.28. The summed E-state index contributed by atoms with van der Waals surface area (Å²) in [6.45, 7) is 1.94. The maximum atomic E-state index is 13.5. The van der Waals surface area contributed by atoms with Gasteiger partial charge in [0.15, 0.2) is 11.7 Å². The van der Waals surface area contributed by atoms with Crippen molar-refractivity contribution in [2.24, 2.45) is 0 Å². The molecule has 0 saturated heterocycles. The number of aryl methyl sites for hydroxylation is 1. The number of furan rings is 1. The normalized spacial score (nSPS) is 15.5. The number of carbonyl (C=O) groups is 2. The van der Waals surface area contributed by atoms with Crippen molar-refractivity contribution in [2.75, 3.05) is 4.90 Å². The number of benzene rings is 1. The smallest absolute Gasteiger partial charge is 0.280 e. The Bertz CT molecular complexity index is 982. The molecule has 1 atom stereocenters. The molecule has 3 aromatic rings. The summed E-state index contributed by atoms with van der Waals surface area (Å²) in [6, 6.07) is 10.1. The monoisotopic (exact) mass is 424 g/mol. The second-order valence-electron chi connectivity index (χ2n) is 7.57. The molecule has 1 aliphatic rings. The molecule has 2 heterocycles. The molecule has 1 saturated carbocycles. The van der Waals surface area contributed by atoms with E-state index in [9.17, 15) is 9.59 Å². The minimum atomic E-state index is -0.946. The SMILES string of the molecule is Cc1cccc(N(C(=O)c2csnn2)[C@H](C(=O)NC2CCCCC2)c2ccco2)c1. The van der Waals surface area contributed by atoms with Crippen LogP contribution in [0.5, 0.6) is 0 Å². The van der Waals surface area contributed by atoms with Crippen molar-refractivity contribution in [1.82, 2.24) is 14.9 Å². The minimum Gasteiger partial charge on any atom is -0.467 e. The van der Waals surface area contributed by atoms with Crippen LogP contribution in [0.15, 0.2) is 52.5 Å². The number of aromatic nitrogens is 2. The van der Waals surface area contributed by atoms with Crippen molar-refractivity contribution in [2.45, 2.75) is 51.1 Å². The summed E-state index contributed by atoms with van der Waals surface area (Å²) < 4.78 is 9.44. The summed E-state index contributed by atoms with van der Waals surface area (Å²) in [5.41, 5.74) is 1.78. The van der Waals surface area contributed by atoms with E-state index < -0.39 is 11.9 Å². The Balaban J connectivity index is 1.74. The fraction of sp³-hybridized carbons (Fsp3) is 0.364. The van der Waals surface area contributed by atoms with Crippen molar-refractivity contribution in [1.29, 1.82) is 0 Å². The lowest BCUT2D eigenvalue weighted by Gasteiger charge is -2.31. The maximum Gasteiger partial charge on any atom is 0.280 e. The molecule has 1 aliphatic carbocycles. The molecule has 7 nitrogen and oxygen atoms in total. The molecule has 1 aromatic carbocycles. The van der Waals surface area contributed by atoms with E-state index in [0.717, 1.165) is 42.8 Å². The van der Waals surface area contributed by atoms with Crippen molar-refractivity contribution in [3.63, 3.8) is 0 Å². The molecular weight excluding hydrogens is 400 g/mol. The second kappa shape index (κ2) is 9.21. The van der Waals surface area contributed by atoms with E-state index in [1.807, 2.05) is 31.2 Å². The zero-order valence-electron chi connectivity index (χ0n) is 16.8. The van der Waals surface area contributed by atoms with Gasteiger partial charge in [-0.25, -0.2) is 0 Å². The highest BCUT2D eigenvalue weighted by Gasteiger charge is 2.37. The minimum absolute atomic E-state index is 0.110. The summed E-state index contributed by atoms with van der Waals surface area (Å²) in [4.78, 5) is 28.4. The molecule has 2 aromatic heterocycles. The highest BCUT2D eigenvalue weighted by atomic mass is 32.1. The van der Waals surface area contributed by atoms with Gasteiger partial charge in [0.2, 0.25) is 0 Å². The Morgan fingerprint density at radius 2 is 2.03 bits per heavy atom. The van der Waals surface area contributed by atoms with Gasteiger partial charge in [-0.15, -0.1) is 5.10 Å². The Morgan fingerprint density at radius 1 is 1.20 bits per heavy atom. The van der Waals surface area contributed by atoms with Crippen molar-refractivity contribution >= 4 is 29.0 Å². The third kappa shape index (κ3) is 4.43. The lowest BCUT2D eigenvalue weighted by atomic mass is 9.95. The van der Waals surface area contributed by atoms with Crippen molar-refractivity contribution < 1.29 is 14.0 Å². The van der Waals surface area contributed by atoms with Gasteiger partial charge in [-0.2, -0.15) is 0 Å². The van der Waals surface area contributed by atoms with E-state index in [1.165, 1.54) is 17.6 Å². The first kappa shape index (κ1) is 20.3. The molecule has 1 fully saturated rings. The van der Waals surface area contributed by atoms with Crippen LogP contribution < -0.4 is 10.2 Å². The molecule has 156 valence electrons. The summed E-state index contributed by atoms with van der Waals surface area (Å²) >= 11 is 1.10. The summed E-state index contributed by atoms with van der Waals surface area (Å²) in [5, 5.41) is 8.67. The van der Waals surface area contributed by atoms with Gasteiger partial charge in [0, 0.05) is 17.1 Å². The van der Waals surface area contributed by atoms with Gasteiger partial charge in [0.25, 0.3) is 11.8 Å². The first-order chi connectivity index (χ1) is 14.6. The van der Waals surface area contributed by atoms with E-state index in [2.05, 4.69) is 14.9 Å². The summed E-state index contributed by atoms with van der Waals surface area (Å²) in [5.74, 6) is -0.245. The third-order valence-electron chi connectivity index (χ3n) is 5.35. The van der Waals surface area contributed by atoms with E-state index in [0.29, 0.717) is 11.4 Å². The molecule has 0 aliphatic heterocycles. The number of anilines is 1. The van der Waals surface area contributed by atoms with Crippen molar-refractivity contribution in [3.8, 4) is 0 Å². The largest absolute Gasteiger partial charge is 0.467 e. The van der Waals surface area contributed by atoms with Gasteiger partial charge in [0.1, 0.15) is 5.76 Å². The van der Waals surface area contributed by atoms with Gasteiger partial charge in [0.05, 0.1) is 6.26 Å². The number of rotatable bonds is 6. The van der Waals surface area contributed by atoms with E-state index in [-0.39, 0.29) is 17.6 Å². The number of nitrogens with zero attached hydrogens (tertiary/aromatic N) is 3. The molecule has 0 spiro atoms. The standard InChI is InChI=1S/C22H24N4O3S/c1-15-7-5-10-17(13-15)26(22(28)18-14-30-25-24-18)20(19-11-6-12-29-19)21(27)23-16-8-3-2-4-9-16/h5-7,10-14,16,20H,2-4,8-9H2,1H3,(H,23,27)/t20-/m0/s1. The number of hydrogen-bond donors (Lipinski definition) is 1. The molecule has 4 rings (SSSR count). The van der Waals surface area contributed by atoms with Crippen molar-refractivity contribution in [3.05, 3.63) is 65.1 Å². The molecule has 8 heteroatoms. The van der Waals surface area contributed by atoms with Crippen LogP contribution in [-0.4, -0.2) is 27.4 Å². The number of amides is 2. The number of hydrogen-bond acceptors (Lipinski definition) is 6. The molecule has 0 bridgehead atoms.